The first-order valence-electron chi connectivity index (χ1n) is 7.26. The Bertz CT molecular complexity index is 473. The number of hydrogen-bond acceptors (Lipinski definition) is 0. The SMILES string of the molecule is [CH2-]c1ccccc1.[U+4].c1cc[cH-]c1.c1cc[cH-]c1.c1cc[cH-]c1. The van der Waals surface area contributed by atoms with E-state index in [1.54, 1.807) is 0 Å². The molecule has 23 heavy (non-hydrogen) atoms. The maximum atomic E-state index is 3.72. The topological polar surface area (TPSA) is 0 Å². The Morgan fingerprint density at radius 3 is 0.913 bits per heavy atom. The van der Waals surface area contributed by atoms with E-state index in [0.29, 0.717) is 0 Å². The van der Waals surface area contributed by atoms with Crippen molar-refractivity contribution in [2.24, 2.45) is 0 Å². The van der Waals surface area contributed by atoms with Gasteiger partial charge >= 0.3 is 31.1 Å². The van der Waals surface area contributed by atoms with Crippen molar-refractivity contribution in [1.82, 2.24) is 0 Å². The van der Waals surface area contributed by atoms with Crippen molar-refractivity contribution < 1.29 is 31.1 Å². The molecule has 4 aromatic rings. The first-order valence-corrected chi connectivity index (χ1v) is 7.26. The zero-order valence-corrected chi connectivity index (χ0v) is 17.4. The average molecular weight is 524 g/mol. The van der Waals surface area contributed by atoms with Crippen LogP contribution in [0.4, 0.5) is 0 Å². The summed E-state index contributed by atoms with van der Waals surface area (Å²) in [5.41, 5.74) is 1.07. The summed E-state index contributed by atoms with van der Waals surface area (Å²) >= 11 is 0. The van der Waals surface area contributed by atoms with Crippen LogP contribution in [0.5, 0.6) is 0 Å². The standard InChI is InChI=1S/C7H7.3C5H5.U/c1-7-5-3-2-4-6-7;3*1-2-4-5-3-1;/h2-6H,1H2;3*1-5H;/q4*-1;+4. The van der Waals surface area contributed by atoms with Crippen LogP contribution in [0.3, 0.4) is 0 Å². The van der Waals surface area contributed by atoms with E-state index in [4.69, 9.17) is 0 Å². The minimum atomic E-state index is 0. The molecule has 4 rings (SSSR count). The zero-order valence-electron chi connectivity index (χ0n) is 13.3. The molecule has 0 spiro atoms. The minimum Gasteiger partial charge on any atom is -0.214 e. The van der Waals surface area contributed by atoms with E-state index in [9.17, 15) is 0 Å². The predicted octanol–water partition coefficient (Wildman–Crippen LogP) is 6.09. The second kappa shape index (κ2) is 16.6. The maximum Gasteiger partial charge on any atom is 4.00 e. The summed E-state index contributed by atoms with van der Waals surface area (Å²) in [6.07, 6.45) is 0. The molecule has 0 radical (unpaired) electrons. The van der Waals surface area contributed by atoms with Crippen LogP contribution < -0.4 is 0 Å². The van der Waals surface area contributed by atoms with Crippen molar-refractivity contribution in [3.05, 3.63) is 134 Å². The van der Waals surface area contributed by atoms with Crippen LogP contribution in [0.1, 0.15) is 5.56 Å². The molecular formula is C22H22U. The van der Waals surface area contributed by atoms with Gasteiger partial charge in [0.2, 0.25) is 0 Å². The fourth-order valence-electron chi connectivity index (χ4n) is 1.44. The van der Waals surface area contributed by atoms with Crippen LogP contribution in [-0.4, -0.2) is 0 Å². The van der Waals surface area contributed by atoms with Crippen LogP contribution in [0.15, 0.2) is 121 Å². The second-order valence-electron chi connectivity index (χ2n) is 4.37. The predicted molar refractivity (Wildman–Crippen MR) is 97.0 cm³/mol. The Hall–Kier alpha value is -1.81. The Balaban J connectivity index is 0.000000280. The number of hydrogen-bond donors (Lipinski definition) is 0. The molecule has 0 N–H and O–H groups in total. The van der Waals surface area contributed by atoms with Crippen molar-refractivity contribution in [3.63, 3.8) is 0 Å². The summed E-state index contributed by atoms with van der Waals surface area (Å²) in [5, 5.41) is 0. The van der Waals surface area contributed by atoms with Gasteiger partial charge < -0.3 is 0 Å². The van der Waals surface area contributed by atoms with Gasteiger partial charge in [0.1, 0.15) is 0 Å². The van der Waals surface area contributed by atoms with Gasteiger partial charge in [0.15, 0.2) is 0 Å². The Morgan fingerprint density at radius 2 is 0.783 bits per heavy atom. The summed E-state index contributed by atoms with van der Waals surface area (Å²) in [7, 11) is 0. The van der Waals surface area contributed by atoms with E-state index >= 15 is 0 Å². The Labute approximate surface area is 164 Å². The van der Waals surface area contributed by atoms with Gasteiger partial charge in [0.25, 0.3) is 0 Å². The zero-order chi connectivity index (χ0) is 15.7. The van der Waals surface area contributed by atoms with Gasteiger partial charge in [-0.2, -0.15) is 79.2 Å². The first kappa shape index (κ1) is 21.2. The van der Waals surface area contributed by atoms with Gasteiger partial charge in [-0.1, -0.05) is 6.07 Å². The fraction of sp³-hybridized carbons (Fsp3) is 0. The minimum absolute atomic E-state index is 0. The van der Waals surface area contributed by atoms with Crippen LogP contribution in [0.2, 0.25) is 0 Å². The molecular weight excluding hydrogens is 502 g/mol. The van der Waals surface area contributed by atoms with E-state index < -0.39 is 0 Å². The molecule has 0 aliphatic rings. The largest absolute Gasteiger partial charge is 4.00 e. The average Bonchev–Trinajstić information content (AvgIpc) is 3.37. The third kappa shape index (κ3) is 14.9. The summed E-state index contributed by atoms with van der Waals surface area (Å²) < 4.78 is 0. The normalized spacial score (nSPS) is 7.83. The quantitative estimate of drug-likeness (QED) is 0.245. The van der Waals surface area contributed by atoms with Gasteiger partial charge in [-0.25, -0.2) is 36.4 Å². The molecule has 0 amide bonds. The second-order valence-corrected chi connectivity index (χ2v) is 4.37. The van der Waals surface area contributed by atoms with Gasteiger partial charge in [-0.3, -0.25) is 0 Å². The fourth-order valence-corrected chi connectivity index (χ4v) is 1.44. The Kier molecular flexibility index (Phi) is 15.3. The molecule has 0 aromatic heterocycles. The van der Waals surface area contributed by atoms with Crippen molar-refractivity contribution in [2.45, 2.75) is 0 Å². The molecule has 114 valence electrons. The van der Waals surface area contributed by atoms with Gasteiger partial charge in [0, 0.05) is 0 Å². The van der Waals surface area contributed by atoms with Crippen LogP contribution >= 0.6 is 0 Å². The summed E-state index contributed by atoms with van der Waals surface area (Å²) in [5.74, 6) is 0. The summed E-state index contributed by atoms with van der Waals surface area (Å²) in [6, 6.07) is 39.9. The van der Waals surface area contributed by atoms with Crippen LogP contribution in [0.25, 0.3) is 0 Å². The molecule has 0 unspecified atom stereocenters. The van der Waals surface area contributed by atoms with Crippen molar-refractivity contribution >= 4 is 0 Å². The van der Waals surface area contributed by atoms with Gasteiger partial charge in [-0.15, -0.1) is 12.1 Å². The molecule has 0 bridgehead atoms. The van der Waals surface area contributed by atoms with Crippen molar-refractivity contribution in [3.8, 4) is 0 Å². The third-order valence-electron chi connectivity index (χ3n) is 2.51. The number of rotatable bonds is 0. The molecule has 0 atom stereocenters. The molecule has 0 fully saturated rings. The smallest absolute Gasteiger partial charge is 0.214 e. The molecule has 0 saturated heterocycles. The van der Waals surface area contributed by atoms with Crippen molar-refractivity contribution in [2.75, 3.05) is 0 Å². The molecule has 0 nitrogen and oxygen atoms in total. The monoisotopic (exact) mass is 524 g/mol. The number of benzene rings is 1. The molecule has 4 aromatic carbocycles. The van der Waals surface area contributed by atoms with Crippen LogP contribution in [-0.2, 0) is 0 Å². The molecule has 0 aliphatic carbocycles. The van der Waals surface area contributed by atoms with Crippen LogP contribution in [0, 0.1) is 38.0 Å². The molecule has 1 heteroatoms. The summed E-state index contributed by atoms with van der Waals surface area (Å²) in [6.45, 7) is 3.72. The van der Waals surface area contributed by atoms with E-state index in [-0.39, 0.29) is 31.1 Å². The van der Waals surface area contributed by atoms with E-state index in [1.807, 2.05) is 121 Å². The first-order chi connectivity index (χ1) is 10.9. The van der Waals surface area contributed by atoms with Gasteiger partial charge in [0.05, 0.1) is 0 Å². The maximum absolute atomic E-state index is 3.72. The third-order valence-corrected chi connectivity index (χ3v) is 2.51. The van der Waals surface area contributed by atoms with Gasteiger partial charge in [-0.05, 0) is 0 Å². The van der Waals surface area contributed by atoms with E-state index in [2.05, 4.69) is 6.92 Å². The molecule has 0 heterocycles. The van der Waals surface area contributed by atoms with E-state index in [0.717, 1.165) is 5.56 Å². The molecule has 0 saturated carbocycles. The molecule has 0 aliphatic heterocycles. The summed E-state index contributed by atoms with van der Waals surface area (Å²) in [4.78, 5) is 0. The Morgan fingerprint density at radius 1 is 0.478 bits per heavy atom. The van der Waals surface area contributed by atoms with E-state index in [1.165, 1.54) is 0 Å². The van der Waals surface area contributed by atoms with Crippen molar-refractivity contribution in [1.29, 1.82) is 0 Å².